The number of hydrogen-bond donors (Lipinski definition) is 1. The van der Waals surface area contributed by atoms with Crippen LogP contribution in [0.4, 0.5) is 5.69 Å². The lowest BCUT2D eigenvalue weighted by atomic mass is 9.69. The molecule has 2 amide bonds. The predicted octanol–water partition coefficient (Wildman–Crippen LogP) is 5.33. The van der Waals surface area contributed by atoms with Crippen LogP contribution in [0.3, 0.4) is 0 Å². The third-order valence-corrected chi connectivity index (χ3v) is 6.26. The summed E-state index contributed by atoms with van der Waals surface area (Å²) in [5, 5.41) is 2.91. The van der Waals surface area contributed by atoms with Gasteiger partial charge in [-0.25, -0.2) is 0 Å². The quantitative estimate of drug-likeness (QED) is 0.294. The average molecular weight is 497 g/mol. The molecular formula is C31H24BN3O3. The van der Waals surface area contributed by atoms with Crippen molar-refractivity contribution in [3.8, 4) is 11.1 Å². The first-order valence-corrected chi connectivity index (χ1v) is 12.1. The number of benzene rings is 3. The molecule has 5 aromatic rings. The largest absolute Gasteiger partial charge is 0.459 e. The van der Waals surface area contributed by atoms with Gasteiger partial charge in [-0.05, 0) is 52.6 Å². The molecular weight excluding hydrogens is 473 g/mol. The Labute approximate surface area is 222 Å². The lowest BCUT2D eigenvalue weighted by Gasteiger charge is -2.40. The van der Waals surface area contributed by atoms with Crippen LogP contribution in [0.25, 0.3) is 11.1 Å². The molecule has 0 bridgehead atoms. The van der Waals surface area contributed by atoms with Gasteiger partial charge in [-0.2, -0.15) is 0 Å². The van der Waals surface area contributed by atoms with Crippen LogP contribution in [-0.4, -0.2) is 24.6 Å². The Morgan fingerprint density at radius 2 is 1.50 bits per heavy atom. The van der Waals surface area contributed by atoms with Gasteiger partial charge in [0.25, 0.3) is 5.91 Å². The van der Waals surface area contributed by atoms with Crippen molar-refractivity contribution in [1.82, 2.24) is 10.3 Å². The van der Waals surface area contributed by atoms with Crippen molar-refractivity contribution in [2.45, 2.75) is 12.0 Å². The van der Waals surface area contributed by atoms with Gasteiger partial charge in [-0.15, -0.1) is 0 Å². The summed E-state index contributed by atoms with van der Waals surface area (Å²) in [7, 11) is 6.97. The van der Waals surface area contributed by atoms with Crippen LogP contribution in [-0.2, 0) is 16.8 Å². The molecule has 7 heteroatoms. The van der Waals surface area contributed by atoms with E-state index < -0.39 is 17.3 Å². The fourth-order valence-corrected chi connectivity index (χ4v) is 4.29. The summed E-state index contributed by atoms with van der Waals surface area (Å²) in [6, 6.07) is 33.2. The molecule has 0 saturated heterocycles. The minimum Gasteiger partial charge on any atom is -0.459 e. The molecule has 0 aliphatic carbocycles. The van der Waals surface area contributed by atoms with Crippen LogP contribution in [0.15, 0.2) is 132 Å². The van der Waals surface area contributed by atoms with Crippen molar-refractivity contribution in [1.29, 1.82) is 0 Å². The molecule has 2 radical (unpaired) electrons. The fraction of sp³-hybridized carbons (Fsp3) is 0.0645. The molecule has 6 nitrogen and oxygen atoms in total. The van der Waals surface area contributed by atoms with Gasteiger partial charge in [0.15, 0.2) is 5.76 Å². The van der Waals surface area contributed by atoms with Crippen LogP contribution in [0, 0.1) is 0 Å². The highest BCUT2D eigenvalue weighted by atomic mass is 16.3. The Hall–Kier alpha value is -4.91. The summed E-state index contributed by atoms with van der Waals surface area (Å²) in [4.78, 5) is 33.3. The molecule has 0 aliphatic heterocycles. The maximum absolute atomic E-state index is 13.9. The van der Waals surface area contributed by atoms with Crippen LogP contribution in [0.2, 0.25) is 0 Å². The molecule has 0 fully saturated rings. The van der Waals surface area contributed by atoms with Crippen molar-refractivity contribution >= 4 is 25.3 Å². The van der Waals surface area contributed by atoms with E-state index in [1.54, 1.807) is 42.6 Å². The summed E-state index contributed by atoms with van der Waals surface area (Å²) in [6.45, 7) is 0.231. The third kappa shape index (κ3) is 4.99. The van der Waals surface area contributed by atoms with Crippen LogP contribution >= 0.6 is 0 Å². The van der Waals surface area contributed by atoms with Crippen LogP contribution in [0.1, 0.15) is 21.7 Å². The highest BCUT2D eigenvalue weighted by Gasteiger charge is 2.45. The van der Waals surface area contributed by atoms with Crippen molar-refractivity contribution in [2.75, 3.05) is 4.90 Å². The van der Waals surface area contributed by atoms with E-state index in [9.17, 15) is 9.59 Å². The van der Waals surface area contributed by atoms with E-state index in [2.05, 4.69) is 10.3 Å². The van der Waals surface area contributed by atoms with Gasteiger partial charge in [0.2, 0.25) is 5.91 Å². The maximum Gasteiger partial charge on any atom is 0.294 e. The smallest absolute Gasteiger partial charge is 0.294 e. The van der Waals surface area contributed by atoms with Gasteiger partial charge >= 0.3 is 0 Å². The molecule has 0 saturated carbocycles. The van der Waals surface area contributed by atoms with Gasteiger partial charge in [0, 0.05) is 24.6 Å². The zero-order chi connectivity index (χ0) is 26.4. The maximum atomic E-state index is 13.9. The molecule has 2 heterocycles. The molecule has 0 aliphatic rings. The molecule has 1 unspecified atom stereocenters. The standard InChI is InChI=1S/C31H24BN3O3/c32-31(26-13-7-19-33-22-26,30(37)34-21-23-9-3-1-4-10-23)35(29(36)28-14-8-20-38-28)27-17-15-25(16-18-27)24-11-5-2-6-12-24/h1-20,22H,21H2,(H,34,37). The molecule has 3 aromatic carbocycles. The minimum atomic E-state index is -1.94. The molecule has 5 rings (SSSR count). The monoisotopic (exact) mass is 497 g/mol. The van der Waals surface area contributed by atoms with Gasteiger partial charge in [-0.1, -0.05) is 78.9 Å². The number of amides is 2. The number of anilines is 1. The molecule has 38 heavy (non-hydrogen) atoms. The van der Waals surface area contributed by atoms with Crippen LogP contribution in [0.5, 0.6) is 0 Å². The number of rotatable bonds is 8. The number of aromatic nitrogens is 1. The summed E-state index contributed by atoms with van der Waals surface area (Å²) in [6.07, 6.45) is 4.48. The first-order valence-electron chi connectivity index (χ1n) is 12.1. The lowest BCUT2D eigenvalue weighted by molar-refractivity contribution is -0.124. The highest BCUT2D eigenvalue weighted by molar-refractivity contribution is 6.34. The summed E-state index contributed by atoms with van der Waals surface area (Å²) in [5.41, 5.74) is 1.70. The summed E-state index contributed by atoms with van der Waals surface area (Å²) in [5.74, 6) is -1.09. The second kappa shape index (κ2) is 11.0. The minimum absolute atomic E-state index is 0.0479. The number of furan rings is 1. The topological polar surface area (TPSA) is 75.4 Å². The highest BCUT2D eigenvalue weighted by Crippen LogP contribution is 2.34. The summed E-state index contributed by atoms with van der Waals surface area (Å²) >= 11 is 0. The van der Waals surface area contributed by atoms with E-state index in [-0.39, 0.29) is 12.3 Å². The molecule has 0 spiro atoms. The van der Waals surface area contributed by atoms with E-state index in [4.69, 9.17) is 12.3 Å². The van der Waals surface area contributed by atoms with Crippen molar-refractivity contribution in [2.24, 2.45) is 0 Å². The van der Waals surface area contributed by atoms with Gasteiger partial charge in [0.05, 0.1) is 6.26 Å². The Balaban J connectivity index is 1.60. The lowest BCUT2D eigenvalue weighted by Crippen LogP contribution is -2.59. The van der Waals surface area contributed by atoms with Gasteiger partial charge < -0.3 is 9.73 Å². The average Bonchev–Trinajstić information content (AvgIpc) is 3.53. The second-order valence-electron chi connectivity index (χ2n) is 8.71. The van der Waals surface area contributed by atoms with E-state index in [0.717, 1.165) is 16.7 Å². The number of carbonyl (C=O) groups is 2. The molecule has 184 valence electrons. The van der Waals surface area contributed by atoms with Crippen molar-refractivity contribution in [3.63, 3.8) is 0 Å². The Morgan fingerprint density at radius 1 is 0.816 bits per heavy atom. The zero-order valence-electron chi connectivity index (χ0n) is 20.5. The third-order valence-electron chi connectivity index (χ3n) is 6.26. The predicted molar refractivity (Wildman–Crippen MR) is 147 cm³/mol. The van der Waals surface area contributed by atoms with Crippen molar-refractivity contribution < 1.29 is 14.0 Å². The van der Waals surface area contributed by atoms with Gasteiger partial charge in [-0.3, -0.25) is 19.5 Å². The first-order chi connectivity index (χ1) is 18.6. The molecule has 1 N–H and O–H groups in total. The SMILES string of the molecule is [B]C(C(=O)NCc1ccccc1)(c1cccnc1)N(C(=O)c1ccco1)c1ccc(-c2ccccc2)cc1. The first kappa shape index (κ1) is 24.8. The fourth-order valence-electron chi connectivity index (χ4n) is 4.29. The Bertz CT molecular complexity index is 1490. The van der Waals surface area contributed by atoms with E-state index >= 15 is 0 Å². The number of nitrogens with one attached hydrogen (secondary N) is 1. The zero-order valence-corrected chi connectivity index (χ0v) is 20.5. The number of carbonyl (C=O) groups excluding carboxylic acids is 2. The summed E-state index contributed by atoms with van der Waals surface area (Å²) < 4.78 is 5.44. The Kier molecular flexibility index (Phi) is 7.18. The second-order valence-corrected chi connectivity index (χ2v) is 8.71. The Morgan fingerprint density at radius 3 is 2.13 bits per heavy atom. The number of nitrogens with zero attached hydrogens (tertiary/aromatic N) is 2. The van der Waals surface area contributed by atoms with E-state index in [0.29, 0.717) is 11.3 Å². The van der Waals surface area contributed by atoms with Crippen molar-refractivity contribution in [3.05, 3.63) is 145 Å². The normalized spacial score (nSPS) is 12.3. The van der Waals surface area contributed by atoms with Gasteiger partial charge in [0.1, 0.15) is 13.3 Å². The molecule has 1 atom stereocenters. The van der Waals surface area contributed by atoms with Crippen LogP contribution < -0.4 is 10.2 Å². The molecule has 2 aromatic heterocycles. The van der Waals surface area contributed by atoms with E-state index in [1.807, 2.05) is 72.8 Å². The van der Waals surface area contributed by atoms with E-state index in [1.165, 1.54) is 17.4 Å². The number of hydrogen-bond acceptors (Lipinski definition) is 4. The number of pyridine rings is 1.